The molecule has 4 nitrogen and oxygen atoms in total. The van der Waals surface area contributed by atoms with E-state index in [1.165, 1.54) is 11.1 Å². The molecule has 1 amide bonds. The summed E-state index contributed by atoms with van der Waals surface area (Å²) in [5.41, 5.74) is 3.17. The number of rotatable bonds is 4. The third-order valence-electron chi connectivity index (χ3n) is 3.71. The topological polar surface area (TPSA) is 41.6 Å². The van der Waals surface area contributed by atoms with Gasteiger partial charge in [-0.1, -0.05) is 35.9 Å². The average molecular weight is 317 g/mol. The number of nitrogens with zero attached hydrogens (tertiary/aromatic N) is 1. The van der Waals surface area contributed by atoms with Gasteiger partial charge in [-0.15, -0.1) is 0 Å². The minimum atomic E-state index is -0.0756. The van der Waals surface area contributed by atoms with Gasteiger partial charge in [0.15, 0.2) is 0 Å². The van der Waals surface area contributed by atoms with E-state index in [1.54, 1.807) is 25.3 Å². The van der Waals surface area contributed by atoms with E-state index in [0.29, 0.717) is 23.0 Å². The molecular formula is C17H17ClN2O2. The summed E-state index contributed by atoms with van der Waals surface area (Å²) >= 11 is 5.97. The molecule has 0 spiro atoms. The first-order valence-corrected chi connectivity index (χ1v) is 7.46. The predicted molar refractivity (Wildman–Crippen MR) is 87.2 cm³/mol. The van der Waals surface area contributed by atoms with Crippen LogP contribution in [0.5, 0.6) is 5.75 Å². The van der Waals surface area contributed by atoms with Crippen LogP contribution >= 0.6 is 11.6 Å². The van der Waals surface area contributed by atoms with Crippen LogP contribution in [-0.4, -0.2) is 24.5 Å². The summed E-state index contributed by atoms with van der Waals surface area (Å²) < 4.78 is 5.23. The number of methoxy groups -OCH3 is 1. The van der Waals surface area contributed by atoms with Crippen molar-refractivity contribution in [3.05, 3.63) is 58.6 Å². The molecule has 1 heterocycles. The lowest BCUT2D eigenvalue weighted by Gasteiger charge is -2.15. The molecule has 0 radical (unpaired) electrons. The van der Waals surface area contributed by atoms with Crippen molar-refractivity contribution >= 4 is 23.2 Å². The fraction of sp³-hybridized carbons (Fsp3) is 0.235. The molecular weight excluding hydrogens is 300 g/mol. The van der Waals surface area contributed by atoms with E-state index in [4.69, 9.17) is 16.3 Å². The Bertz CT molecular complexity index is 678. The first-order chi connectivity index (χ1) is 10.7. The van der Waals surface area contributed by atoms with Crippen molar-refractivity contribution in [3.8, 4) is 5.75 Å². The zero-order chi connectivity index (χ0) is 15.5. The van der Waals surface area contributed by atoms with Gasteiger partial charge in [-0.25, -0.2) is 0 Å². The number of halogens is 1. The van der Waals surface area contributed by atoms with Gasteiger partial charge in [0.2, 0.25) is 5.91 Å². The van der Waals surface area contributed by atoms with Crippen LogP contribution in [0.1, 0.15) is 11.1 Å². The van der Waals surface area contributed by atoms with E-state index in [-0.39, 0.29) is 5.91 Å². The number of amides is 1. The highest BCUT2D eigenvalue weighted by Crippen LogP contribution is 2.28. The van der Waals surface area contributed by atoms with E-state index in [1.807, 2.05) is 12.1 Å². The Morgan fingerprint density at radius 3 is 2.55 bits per heavy atom. The molecule has 1 aliphatic heterocycles. The third kappa shape index (κ3) is 3.24. The summed E-state index contributed by atoms with van der Waals surface area (Å²) in [7, 11) is 1.57. The number of anilines is 1. The Morgan fingerprint density at radius 2 is 1.91 bits per heavy atom. The van der Waals surface area contributed by atoms with Gasteiger partial charge in [-0.3, -0.25) is 9.69 Å². The molecule has 1 aliphatic rings. The van der Waals surface area contributed by atoms with Crippen molar-refractivity contribution in [2.24, 2.45) is 0 Å². The summed E-state index contributed by atoms with van der Waals surface area (Å²) in [6.45, 7) is 1.94. The van der Waals surface area contributed by atoms with E-state index < -0.39 is 0 Å². The van der Waals surface area contributed by atoms with Crippen molar-refractivity contribution in [2.45, 2.75) is 13.1 Å². The zero-order valence-electron chi connectivity index (χ0n) is 12.3. The number of benzene rings is 2. The van der Waals surface area contributed by atoms with Gasteiger partial charge in [0.25, 0.3) is 0 Å². The van der Waals surface area contributed by atoms with Crippen molar-refractivity contribution in [1.82, 2.24) is 4.90 Å². The molecule has 0 saturated heterocycles. The molecule has 22 heavy (non-hydrogen) atoms. The number of carbonyl (C=O) groups is 1. The zero-order valence-corrected chi connectivity index (χ0v) is 13.1. The summed E-state index contributed by atoms with van der Waals surface area (Å²) in [6.07, 6.45) is 0. The molecule has 0 fully saturated rings. The quantitative estimate of drug-likeness (QED) is 0.941. The highest BCUT2D eigenvalue weighted by Gasteiger charge is 2.20. The molecule has 0 aliphatic carbocycles. The molecule has 2 aromatic rings. The van der Waals surface area contributed by atoms with Crippen molar-refractivity contribution < 1.29 is 9.53 Å². The van der Waals surface area contributed by atoms with Gasteiger partial charge in [-0.05, 0) is 29.3 Å². The lowest BCUT2D eigenvalue weighted by atomic mass is 10.1. The molecule has 114 valence electrons. The smallest absolute Gasteiger partial charge is 0.238 e. The Morgan fingerprint density at radius 1 is 1.23 bits per heavy atom. The largest absolute Gasteiger partial charge is 0.495 e. The molecule has 0 saturated carbocycles. The minimum Gasteiger partial charge on any atom is -0.495 e. The second kappa shape index (κ2) is 6.38. The highest BCUT2D eigenvalue weighted by molar-refractivity contribution is 6.31. The van der Waals surface area contributed by atoms with Crippen molar-refractivity contribution in [3.63, 3.8) is 0 Å². The monoisotopic (exact) mass is 316 g/mol. The fourth-order valence-corrected chi connectivity index (χ4v) is 2.86. The molecule has 0 bridgehead atoms. The van der Waals surface area contributed by atoms with Crippen LogP contribution in [0.4, 0.5) is 5.69 Å². The second-order valence-electron chi connectivity index (χ2n) is 5.31. The first-order valence-electron chi connectivity index (χ1n) is 7.08. The van der Waals surface area contributed by atoms with Gasteiger partial charge in [0.05, 0.1) is 19.3 Å². The molecule has 0 unspecified atom stereocenters. The number of hydrogen-bond acceptors (Lipinski definition) is 3. The van der Waals surface area contributed by atoms with E-state index in [2.05, 4.69) is 22.3 Å². The maximum Gasteiger partial charge on any atom is 0.238 e. The van der Waals surface area contributed by atoms with Crippen LogP contribution in [0.15, 0.2) is 42.5 Å². The summed E-state index contributed by atoms with van der Waals surface area (Å²) in [4.78, 5) is 14.4. The van der Waals surface area contributed by atoms with Crippen LogP contribution in [0.25, 0.3) is 0 Å². The molecule has 2 aromatic carbocycles. The lowest BCUT2D eigenvalue weighted by molar-refractivity contribution is -0.117. The first kappa shape index (κ1) is 14.9. The van der Waals surface area contributed by atoms with Crippen molar-refractivity contribution in [2.75, 3.05) is 19.0 Å². The van der Waals surface area contributed by atoms with Crippen LogP contribution in [0.3, 0.4) is 0 Å². The van der Waals surface area contributed by atoms with Crippen LogP contribution in [0, 0.1) is 0 Å². The van der Waals surface area contributed by atoms with E-state index >= 15 is 0 Å². The Kier molecular flexibility index (Phi) is 4.32. The molecule has 0 atom stereocenters. The summed E-state index contributed by atoms with van der Waals surface area (Å²) in [5.74, 6) is 0.524. The maximum atomic E-state index is 12.2. The normalized spacial score (nSPS) is 13.7. The van der Waals surface area contributed by atoms with Crippen molar-refractivity contribution in [1.29, 1.82) is 0 Å². The van der Waals surface area contributed by atoms with Gasteiger partial charge in [0, 0.05) is 18.1 Å². The Hall–Kier alpha value is -2.04. The molecule has 0 aromatic heterocycles. The molecule has 5 heteroatoms. The number of ether oxygens (including phenoxy) is 1. The van der Waals surface area contributed by atoms with E-state index in [0.717, 1.165) is 13.1 Å². The highest BCUT2D eigenvalue weighted by atomic mass is 35.5. The predicted octanol–water partition coefficient (Wildman–Crippen LogP) is 3.30. The number of nitrogens with one attached hydrogen (secondary N) is 1. The summed E-state index contributed by atoms with van der Waals surface area (Å²) in [6, 6.07) is 13.4. The van der Waals surface area contributed by atoms with Gasteiger partial charge >= 0.3 is 0 Å². The number of hydrogen-bond donors (Lipinski definition) is 1. The SMILES string of the molecule is COc1ccc(Cl)cc1NC(=O)CN1Cc2ccccc2C1. The third-order valence-corrected chi connectivity index (χ3v) is 3.94. The van der Waals surface area contributed by atoms with Crippen LogP contribution in [0.2, 0.25) is 5.02 Å². The number of carbonyl (C=O) groups excluding carboxylic acids is 1. The minimum absolute atomic E-state index is 0.0756. The maximum absolute atomic E-state index is 12.2. The van der Waals surface area contributed by atoms with E-state index in [9.17, 15) is 4.79 Å². The lowest BCUT2D eigenvalue weighted by Crippen LogP contribution is -2.29. The molecule has 3 rings (SSSR count). The van der Waals surface area contributed by atoms with Crippen LogP contribution in [-0.2, 0) is 17.9 Å². The van der Waals surface area contributed by atoms with Gasteiger partial charge < -0.3 is 10.1 Å². The number of fused-ring (bicyclic) bond motifs is 1. The van der Waals surface area contributed by atoms with Crippen LogP contribution < -0.4 is 10.1 Å². The Balaban J connectivity index is 1.63. The standard InChI is InChI=1S/C17H17ClN2O2/c1-22-16-7-6-14(18)8-15(16)19-17(21)11-20-9-12-4-2-3-5-13(12)10-20/h2-8H,9-11H2,1H3,(H,19,21). The Labute approximate surface area is 134 Å². The van der Waals surface area contributed by atoms with Gasteiger partial charge in [-0.2, -0.15) is 0 Å². The fourth-order valence-electron chi connectivity index (χ4n) is 2.69. The molecule has 1 N–H and O–H groups in total. The average Bonchev–Trinajstić information content (AvgIpc) is 2.89. The summed E-state index contributed by atoms with van der Waals surface area (Å²) in [5, 5.41) is 3.43. The second-order valence-corrected chi connectivity index (χ2v) is 5.74. The van der Waals surface area contributed by atoms with Gasteiger partial charge in [0.1, 0.15) is 5.75 Å².